The second kappa shape index (κ2) is 3.65. The molecule has 0 bridgehead atoms. The zero-order valence-corrected chi connectivity index (χ0v) is 9.11. The summed E-state index contributed by atoms with van der Waals surface area (Å²) in [5.41, 5.74) is 1.71. The van der Waals surface area contributed by atoms with E-state index in [0.717, 1.165) is 17.0 Å². The lowest BCUT2D eigenvalue weighted by Gasteiger charge is -2.08. The van der Waals surface area contributed by atoms with Crippen molar-refractivity contribution >= 4 is 23.5 Å². The molecule has 2 aromatic carbocycles. The second-order valence-electron chi connectivity index (χ2n) is 3.49. The maximum atomic E-state index is 6.08. The molecule has 0 unspecified atom stereocenters. The van der Waals surface area contributed by atoms with Crippen molar-refractivity contribution in [2.75, 3.05) is 0 Å². The minimum atomic E-state index is 0.575. The minimum Gasteiger partial charge on any atom is -0.453 e. The highest BCUT2D eigenvalue weighted by molar-refractivity contribution is 6.32. The summed E-state index contributed by atoms with van der Waals surface area (Å²) in [5, 5.41) is 0.575. The Balaban J connectivity index is 2.22. The molecule has 0 saturated carbocycles. The molecule has 1 heterocycles. The first-order valence-corrected chi connectivity index (χ1v) is 5.32. The number of aliphatic imine (C=N–C) groups is 1. The van der Waals surface area contributed by atoms with E-state index >= 15 is 0 Å². The van der Waals surface area contributed by atoms with Crippen molar-refractivity contribution in [2.24, 2.45) is 4.99 Å². The van der Waals surface area contributed by atoms with E-state index in [1.807, 2.05) is 36.4 Å². The number of rotatable bonds is 0. The molecule has 78 valence electrons. The first kappa shape index (κ1) is 9.43. The molecule has 1 aliphatic rings. The molecule has 1 aliphatic heterocycles. The lowest BCUT2D eigenvalue weighted by atomic mass is 10.2. The van der Waals surface area contributed by atoms with Crippen molar-refractivity contribution in [3.63, 3.8) is 0 Å². The van der Waals surface area contributed by atoms with E-state index in [0.29, 0.717) is 10.8 Å². The summed E-state index contributed by atoms with van der Waals surface area (Å²) in [4.78, 5) is 4.35. The van der Waals surface area contributed by atoms with Crippen LogP contribution in [0.3, 0.4) is 0 Å². The van der Waals surface area contributed by atoms with Crippen molar-refractivity contribution in [1.29, 1.82) is 0 Å². The Morgan fingerprint density at radius 1 is 1.00 bits per heavy atom. The molecule has 0 saturated heterocycles. The average Bonchev–Trinajstić information content (AvgIpc) is 2.50. The van der Waals surface area contributed by atoms with Crippen molar-refractivity contribution in [3.8, 4) is 11.5 Å². The molecule has 3 rings (SSSR count). The number of fused-ring (bicyclic) bond motifs is 2. The summed E-state index contributed by atoms with van der Waals surface area (Å²) >= 11 is 6.08. The van der Waals surface area contributed by atoms with Crippen LogP contribution in [0.1, 0.15) is 5.56 Å². The van der Waals surface area contributed by atoms with Crippen molar-refractivity contribution in [3.05, 3.63) is 53.1 Å². The first-order chi connectivity index (χ1) is 7.84. The van der Waals surface area contributed by atoms with Gasteiger partial charge in [0, 0.05) is 11.8 Å². The van der Waals surface area contributed by atoms with Crippen LogP contribution in [0.4, 0.5) is 5.69 Å². The molecular weight excluding hydrogens is 222 g/mol. The SMILES string of the molecule is Clc1cccc2c1Oc1ccccc1C=N2. The Labute approximate surface area is 98.2 Å². The van der Waals surface area contributed by atoms with Gasteiger partial charge < -0.3 is 4.74 Å². The van der Waals surface area contributed by atoms with Gasteiger partial charge in [0.2, 0.25) is 0 Å². The highest BCUT2D eigenvalue weighted by Crippen LogP contribution is 2.40. The molecular formula is C13H8ClNO. The van der Waals surface area contributed by atoms with Crippen LogP contribution >= 0.6 is 11.6 Å². The van der Waals surface area contributed by atoms with E-state index in [1.165, 1.54) is 0 Å². The Kier molecular flexibility index (Phi) is 2.15. The number of benzene rings is 2. The topological polar surface area (TPSA) is 21.6 Å². The Morgan fingerprint density at radius 2 is 1.88 bits per heavy atom. The standard InChI is InChI=1S/C13H8ClNO/c14-10-5-3-6-11-13(10)16-12-7-2-1-4-9(12)8-15-11/h1-8H. The second-order valence-corrected chi connectivity index (χ2v) is 3.89. The van der Waals surface area contributed by atoms with Crippen LogP contribution in [0.2, 0.25) is 5.02 Å². The van der Waals surface area contributed by atoms with E-state index in [1.54, 1.807) is 12.3 Å². The van der Waals surface area contributed by atoms with Gasteiger partial charge in [0.25, 0.3) is 0 Å². The average molecular weight is 230 g/mol. The molecule has 0 atom stereocenters. The Bertz CT molecular complexity index is 578. The molecule has 0 amide bonds. The maximum absolute atomic E-state index is 6.08. The highest BCUT2D eigenvalue weighted by atomic mass is 35.5. The fourth-order valence-electron chi connectivity index (χ4n) is 1.63. The summed E-state index contributed by atoms with van der Waals surface area (Å²) in [6, 6.07) is 13.3. The summed E-state index contributed by atoms with van der Waals surface area (Å²) in [5.74, 6) is 1.39. The molecule has 0 radical (unpaired) electrons. The third-order valence-corrected chi connectivity index (χ3v) is 2.72. The Morgan fingerprint density at radius 3 is 2.81 bits per heavy atom. The lowest BCUT2D eigenvalue weighted by molar-refractivity contribution is 0.485. The van der Waals surface area contributed by atoms with Crippen LogP contribution < -0.4 is 4.74 Å². The van der Waals surface area contributed by atoms with E-state index < -0.39 is 0 Å². The number of hydrogen-bond acceptors (Lipinski definition) is 2. The van der Waals surface area contributed by atoms with Gasteiger partial charge in [-0.15, -0.1) is 0 Å². The predicted molar refractivity (Wildman–Crippen MR) is 65.2 cm³/mol. The van der Waals surface area contributed by atoms with Crippen LogP contribution in [0, 0.1) is 0 Å². The quantitative estimate of drug-likeness (QED) is 0.566. The number of ether oxygens (including phenoxy) is 1. The molecule has 16 heavy (non-hydrogen) atoms. The molecule has 0 spiro atoms. The van der Waals surface area contributed by atoms with E-state index in [2.05, 4.69) is 4.99 Å². The van der Waals surface area contributed by atoms with E-state index in [9.17, 15) is 0 Å². The summed E-state index contributed by atoms with van der Waals surface area (Å²) in [6.07, 6.45) is 1.79. The van der Waals surface area contributed by atoms with E-state index in [-0.39, 0.29) is 0 Å². The van der Waals surface area contributed by atoms with Crippen LogP contribution in [-0.2, 0) is 0 Å². The van der Waals surface area contributed by atoms with Gasteiger partial charge in [-0.25, -0.2) is 0 Å². The summed E-state index contributed by atoms with van der Waals surface area (Å²) in [7, 11) is 0. The number of hydrogen-bond donors (Lipinski definition) is 0. The lowest BCUT2D eigenvalue weighted by Crippen LogP contribution is -1.87. The van der Waals surface area contributed by atoms with Crippen LogP contribution in [0.5, 0.6) is 11.5 Å². The molecule has 0 fully saturated rings. The molecule has 0 N–H and O–H groups in total. The molecule has 3 heteroatoms. The smallest absolute Gasteiger partial charge is 0.171 e. The summed E-state index contributed by atoms with van der Waals surface area (Å²) < 4.78 is 5.78. The fourth-order valence-corrected chi connectivity index (χ4v) is 1.84. The van der Waals surface area contributed by atoms with Gasteiger partial charge in [-0.2, -0.15) is 0 Å². The van der Waals surface area contributed by atoms with Gasteiger partial charge in [-0.3, -0.25) is 4.99 Å². The van der Waals surface area contributed by atoms with Gasteiger partial charge in [0.05, 0.1) is 5.02 Å². The van der Waals surface area contributed by atoms with Crippen LogP contribution in [0.25, 0.3) is 0 Å². The highest BCUT2D eigenvalue weighted by Gasteiger charge is 2.13. The van der Waals surface area contributed by atoms with Gasteiger partial charge in [-0.05, 0) is 24.3 Å². The largest absolute Gasteiger partial charge is 0.453 e. The fraction of sp³-hybridized carbons (Fsp3) is 0. The van der Waals surface area contributed by atoms with E-state index in [4.69, 9.17) is 16.3 Å². The summed E-state index contributed by atoms with van der Waals surface area (Å²) in [6.45, 7) is 0. The van der Waals surface area contributed by atoms with Gasteiger partial charge in [0.15, 0.2) is 5.75 Å². The zero-order chi connectivity index (χ0) is 11.0. The Hall–Kier alpha value is -1.80. The third kappa shape index (κ3) is 1.48. The normalized spacial score (nSPS) is 12.3. The molecule has 2 aromatic rings. The van der Waals surface area contributed by atoms with Gasteiger partial charge in [0.1, 0.15) is 11.4 Å². The molecule has 0 aromatic heterocycles. The monoisotopic (exact) mass is 229 g/mol. The van der Waals surface area contributed by atoms with Crippen LogP contribution in [0.15, 0.2) is 47.5 Å². The maximum Gasteiger partial charge on any atom is 0.171 e. The first-order valence-electron chi connectivity index (χ1n) is 4.94. The van der Waals surface area contributed by atoms with Crippen molar-refractivity contribution < 1.29 is 4.74 Å². The molecule has 0 aliphatic carbocycles. The van der Waals surface area contributed by atoms with Gasteiger partial charge in [-0.1, -0.05) is 29.8 Å². The number of halogens is 1. The van der Waals surface area contributed by atoms with Gasteiger partial charge >= 0.3 is 0 Å². The number of nitrogens with zero attached hydrogens (tertiary/aromatic N) is 1. The third-order valence-electron chi connectivity index (χ3n) is 2.42. The molecule has 2 nitrogen and oxygen atoms in total. The zero-order valence-electron chi connectivity index (χ0n) is 8.35. The predicted octanol–water partition coefficient (Wildman–Crippen LogP) is 4.20. The minimum absolute atomic E-state index is 0.575. The van der Waals surface area contributed by atoms with Crippen molar-refractivity contribution in [1.82, 2.24) is 0 Å². The van der Waals surface area contributed by atoms with Crippen LogP contribution in [-0.4, -0.2) is 6.21 Å². The van der Waals surface area contributed by atoms with Crippen molar-refractivity contribution in [2.45, 2.75) is 0 Å². The number of para-hydroxylation sites is 2.